The van der Waals surface area contributed by atoms with Gasteiger partial charge >= 0.3 is 0 Å². The molecule has 0 aromatic heterocycles. The van der Waals surface area contributed by atoms with Gasteiger partial charge in [-0.1, -0.05) is 23.7 Å². The van der Waals surface area contributed by atoms with E-state index in [9.17, 15) is 9.59 Å². The molecule has 0 atom stereocenters. The number of carbonyl (C=O) groups is 2. The van der Waals surface area contributed by atoms with E-state index in [2.05, 4.69) is 5.32 Å². The molecule has 0 aliphatic rings. The number of rotatable bonds is 9. The largest absolute Gasteiger partial charge is 0.492 e. The fourth-order valence-corrected chi connectivity index (χ4v) is 3.40. The third kappa shape index (κ3) is 7.09. The van der Waals surface area contributed by atoms with E-state index in [1.54, 1.807) is 42.3 Å². The summed E-state index contributed by atoms with van der Waals surface area (Å²) in [6, 6.07) is 14.5. The van der Waals surface area contributed by atoms with Crippen molar-refractivity contribution in [2.75, 3.05) is 26.0 Å². The Morgan fingerprint density at radius 2 is 1.82 bits per heavy atom. The molecule has 0 heterocycles. The average Bonchev–Trinajstić information content (AvgIpc) is 2.67. The quantitative estimate of drug-likeness (QED) is 0.620. The van der Waals surface area contributed by atoms with Gasteiger partial charge in [0.25, 0.3) is 5.91 Å². The zero-order valence-electron chi connectivity index (χ0n) is 16.3. The van der Waals surface area contributed by atoms with Crippen LogP contribution in [0.3, 0.4) is 0 Å². The van der Waals surface area contributed by atoms with Crippen molar-refractivity contribution in [3.05, 3.63) is 59.1 Å². The molecular formula is C21H25ClN2O3S. The molecule has 0 spiro atoms. The predicted octanol–water partition coefficient (Wildman–Crippen LogP) is 4.11. The molecule has 0 aliphatic heterocycles. The number of thioether (sulfide) groups is 1. The molecule has 0 fully saturated rings. The molecule has 1 N–H and O–H groups in total. The van der Waals surface area contributed by atoms with E-state index in [0.29, 0.717) is 29.5 Å². The summed E-state index contributed by atoms with van der Waals surface area (Å²) >= 11 is 7.22. The standard InChI is InChI=1S/C21H25ClN2O3S/c1-15(2)23-20(25)14-28-19-7-5-4-6-18(19)21(26)24(3)12-13-27-17-10-8-16(22)9-11-17/h4-11,15H,12-14H2,1-3H3,(H,23,25). The first-order valence-corrected chi connectivity index (χ1v) is 10.4. The van der Waals surface area contributed by atoms with E-state index in [-0.39, 0.29) is 23.6 Å². The van der Waals surface area contributed by atoms with Gasteiger partial charge in [-0.05, 0) is 50.2 Å². The minimum absolute atomic E-state index is 0.0491. The Kier molecular flexibility index (Phi) is 8.67. The molecule has 0 unspecified atom stereocenters. The van der Waals surface area contributed by atoms with Crippen LogP contribution in [-0.4, -0.2) is 48.7 Å². The van der Waals surface area contributed by atoms with Crippen LogP contribution in [0.4, 0.5) is 0 Å². The van der Waals surface area contributed by atoms with Crippen molar-refractivity contribution in [1.29, 1.82) is 0 Å². The van der Waals surface area contributed by atoms with Crippen LogP contribution in [0.2, 0.25) is 5.02 Å². The number of amides is 2. The van der Waals surface area contributed by atoms with Gasteiger partial charge in [0.2, 0.25) is 5.91 Å². The molecule has 0 bridgehead atoms. The van der Waals surface area contributed by atoms with Gasteiger partial charge in [0.05, 0.1) is 17.9 Å². The molecule has 2 aromatic carbocycles. The van der Waals surface area contributed by atoms with Crippen molar-refractivity contribution in [2.24, 2.45) is 0 Å². The highest BCUT2D eigenvalue weighted by Crippen LogP contribution is 2.23. The van der Waals surface area contributed by atoms with Gasteiger partial charge in [-0.3, -0.25) is 9.59 Å². The summed E-state index contributed by atoms with van der Waals surface area (Å²) in [6.07, 6.45) is 0. The number of benzene rings is 2. The number of nitrogens with one attached hydrogen (secondary N) is 1. The van der Waals surface area contributed by atoms with E-state index in [4.69, 9.17) is 16.3 Å². The van der Waals surface area contributed by atoms with Gasteiger partial charge in [-0.2, -0.15) is 0 Å². The molecule has 5 nitrogen and oxygen atoms in total. The fourth-order valence-electron chi connectivity index (χ4n) is 2.41. The van der Waals surface area contributed by atoms with Gasteiger partial charge in [0.15, 0.2) is 0 Å². The van der Waals surface area contributed by atoms with E-state index < -0.39 is 0 Å². The number of halogens is 1. The molecular weight excluding hydrogens is 396 g/mol. The first kappa shape index (κ1) is 22.1. The molecule has 0 saturated carbocycles. The minimum atomic E-state index is -0.105. The smallest absolute Gasteiger partial charge is 0.254 e. The highest BCUT2D eigenvalue weighted by Gasteiger charge is 2.16. The molecule has 0 radical (unpaired) electrons. The molecule has 150 valence electrons. The summed E-state index contributed by atoms with van der Waals surface area (Å²) < 4.78 is 5.65. The second-order valence-corrected chi connectivity index (χ2v) is 7.99. The van der Waals surface area contributed by atoms with Crippen LogP contribution in [0.25, 0.3) is 0 Å². The van der Waals surface area contributed by atoms with Crippen molar-refractivity contribution < 1.29 is 14.3 Å². The van der Waals surface area contributed by atoms with Gasteiger partial charge in [0, 0.05) is 23.0 Å². The summed E-state index contributed by atoms with van der Waals surface area (Å²) in [5.74, 6) is 0.822. The van der Waals surface area contributed by atoms with Crippen molar-refractivity contribution in [1.82, 2.24) is 10.2 Å². The Morgan fingerprint density at radius 3 is 2.50 bits per heavy atom. The van der Waals surface area contributed by atoms with Crippen LogP contribution >= 0.6 is 23.4 Å². The van der Waals surface area contributed by atoms with E-state index >= 15 is 0 Å². The molecule has 7 heteroatoms. The van der Waals surface area contributed by atoms with Crippen molar-refractivity contribution in [2.45, 2.75) is 24.8 Å². The lowest BCUT2D eigenvalue weighted by atomic mass is 10.2. The summed E-state index contributed by atoms with van der Waals surface area (Å²) in [7, 11) is 1.74. The topological polar surface area (TPSA) is 58.6 Å². The Bertz CT molecular complexity index is 796. The summed E-state index contributed by atoms with van der Waals surface area (Å²) in [5.41, 5.74) is 0.582. The highest BCUT2D eigenvalue weighted by molar-refractivity contribution is 8.00. The number of hydrogen-bond acceptors (Lipinski definition) is 4. The molecule has 2 amide bonds. The molecule has 0 aliphatic carbocycles. The number of ether oxygens (including phenoxy) is 1. The lowest BCUT2D eigenvalue weighted by molar-refractivity contribution is -0.119. The monoisotopic (exact) mass is 420 g/mol. The number of likely N-dealkylation sites (N-methyl/N-ethyl adjacent to an activating group) is 1. The van der Waals surface area contributed by atoms with Crippen LogP contribution in [0.15, 0.2) is 53.4 Å². The van der Waals surface area contributed by atoms with Crippen LogP contribution in [0.1, 0.15) is 24.2 Å². The Morgan fingerprint density at radius 1 is 1.14 bits per heavy atom. The maximum Gasteiger partial charge on any atom is 0.254 e. The van der Waals surface area contributed by atoms with Crippen LogP contribution in [0, 0.1) is 0 Å². The predicted molar refractivity (Wildman–Crippen MR) is 114 cm³/mol. The maximum absolute atomic E-state index is 12.8. The van der Waals surface area contributed by atoms with E-state index in [1.807, 2.05) is 32.0 Å². The Hall–Kier alpha value is -2.18. The second kappa shape index (κ2) is 11.0. The first-order valence-electron chi connectivity index (χ1n) is 9.02. The molecule has 2 aromatic rings. The zero-order valence-corrected chi connectivity index (χ0v) is 17.8. The van der Waals surface area contributed by atoms with Gasteiger partial charge in [-0.15, -0.1) is 11.8 Å². The third-order valence-corrected chi connectivity index (χ3v) is 5.11. The van der Waals surface area contributed by atoms with Gasteiger partial charge < -0.3 is 15.0 Å². The van der Waals surface area contributed by atoms with E-state index in [0.717, 1.165) is 4.90 Å². The number of hydrogen-bond donors (Lipinski definition) is 1. The van der Waals surface area contributed by atoms with E-state index in [1.165, 1.54) is 11.8 Å². The van der Waals surface area contributed by atoms with Crippen LogP contribution < -0.4 is 10.1 Å². The lowest BCUT2D eigenvalue weighted by Crippen LogP contribution is -2.32. The second-order valence-electron chi connectivity index (χ2n) is 6.54. The molecule has 28 heavy (non-hydrogen) atoms. The van der Waals surface area contributed by atoms with Crippen LogP contribution in [-0.2, 0) is 4.79 Å². The third-order valence-electron chi connectivity index (χ3n) is 3.78. The summed E-state index contributed by atoms with van der Waals surface area (Å²) in [6.45, 7) is 4.65. The normalized spacial score (nSPS) is 10.6. The number of nitrogens with zero attached hydrogens (tertiary/aromatic N) is 1. The van der Waals surface area contributed by atoms with Crippen molar-refractivity contribution in [3.8, 4) is 5.75 Å². The number of carbonyl (C=O) groups excluding carboxylic acids is 2. The van der Waals surface area contributed by atoms with Crippen LogP contribution in [0.5, 0.6) is 5.75 Å². The zero-order chi connectivity index (χ0) is 20.5. The summed E-state index contributed by atoms with van der Waals surface area (Å²) in [5, 5.41) is 3.50. The highest BCUT2D eigenvalue weighted by atomic mass is 35.5. The van der Waals surface area contributed by atoms with Crippen molar-refractivity contribution >= 4 is 35.2 Å². The lowest BCUT2D eigenvalue weighted by Gasteiger charge is -2.19. The average molecular weight is 421 g/mol. The maximum atomic E-state index is 12.8. The van der Waals surface area contributed by atoms with Gasteiger partial charge in [0.1, 0.15) is 12.4 Å². The minimum Gasteiger partial charge on any atom is -0.492 e. The van der Waals surface area contributed by atoms with Crippen molar-refractivity contribution in [3.63, 3.8) is 0 Å². The molecule has 2 rings (SSSR count). The SMILES string of the molecule is CC(C)NC(=O)CSc1ccccc1C(=O)N(C)CCOc1ccc(Cl)cc1. The van der Waals surface area contributed by atoms with Gasteiger partial charge in [-0.25, -0.2) is 0 Å². The Balaban J connectivity index is 1.91. The Labute approximate surface area is 175 Å². The summed E-state index contributed by atoms with van der Waals surface area (Å²) in [4.78, 5) is 27.1. The first-order chi connectivity index (χ1) is 13.4. The molecule has 0 saturated heterocycles. The fraction of sp³-hybridized carbons (Fsp3) is 0.333.